The van der Waals surface area contributed by atoms with Gasteiger partial charge in [0, 0.05) is 55.4 Å². The van der Waals surface area contributed by atoms with Gasteiger partial charge < -0.3 is 9.88 Å². The van der Waals surface area contributed by atoms with Crippen molar-refractivity contribution >= 4 is 16.9 Å². The third kappa shape index (κ3) is 4.50. The summed E-state index contributed by atoms with van der Waals surface area (Å²) in [5.41, 5.74) is 5.33. The predicted octanol–water partition coefficient (Wildman–Crippen LogP) is 3.71. The summed E-state index contributed by atoms with van der Waals surface area (Å²) in [6.07, 6.45) is 9.94. The summed E-state index contributed by atoms with van der Waals surface area (Å²) in [5, 5.41) is 7.27. The molecule has 0 aliphatic heterocycles. The van der Waals surface area contributed by atoms with Gasteiger partial charge >= 0.3 is 0 Å². The summed E-state index contributed by atoms with van der Waals surface area (Å²) in [7, 11) is 1.87. The van der Waals surface area contributed by atoms with Crippen LogP contribution in [0.5, 0.6) is 0 Å². The van der Waals surface area contributed by atoms with E-state index in [2.05, 4.69) is 15.4 Å². The molecule has 0 saturated carbocycles. The first kappa shape index (κ1) is 20.6. The fourth-order valence-electron chi connectivity index (χ4n) is 3.72. The fraction of sp³-hybridized carbons (Fsp3) is 0.160. The maximum atomic E-state index is 12.7. The molecule has 1 amide bonds. The second kappa shape index (κ2) is 9.04. The van der Waals surface area contributed by atoms with E-state index < -0.39 is 0 Å². The first-order valence-electron chi connectivity index (χ1n) is 10.8. The van der Waals surface area contributed by atoms with Crippen LogP contribution in [0.4, 0.5) is 0 Å². The van der Waals surface area contributed by atoms with E-state index in [9.17, 15) is 4.79 Å². The number of hydrogen-bond donors (Lipinski definition) is 1. The Kier molecular flexibility index (Phi) is 5.63. The van der Waals surface area contributed by atoms with E-state index in [1.54, 1.807) is 35.5 Å². The number of imidazole rings is 1. The smallest absolute Gasteiger partial charge is 0.251 e. The summed E-state index contributed by atoms with van der Waals surface area (Å²) in [6.45, 7) is 1.38. The number of nitrogens with one attached hydrogen (secondary N) is 1. The maximum absolute atomic E-state index is 12.7. The highest BCUT2D eigenvalue weighted by molar-refractivity contribution is 5.98. The van der Waals surface area contributed by atoms with E-state index in [0.29, 0.717) is 17.6 Å². The van der Waals surface area contributed by atoms with Gasteiger partial charge in [-0.1, -0.05) is 30.3 Å². The number of rotatable bonds is 7. The van der Waals surface area contributed by atoms with Crippen molar-refractivity contribution in [1.29, 1.82) is 0 Å². The van der Waals surface area contributed by atoms with Gasteiger partial charge in [-0.25, -0.2) is 15.0 Å². The first-order chi connectivity index (χ1) is 16.2. The van der Waals surface area contributed by atoms with Crippen molar-refractivity contribution in [2.45, 2.75) is 13.0 Å². The SMILES string of the molecule is Cn1cc(-c2nc3cc(C(=O)NCCCn4ccnc4)ccc3nc2-c2ccccc2)cn1. The standard InChI is InChI=1S/C25H23N7O/c1-31-16-20(15-28-31)24-23(18-6-3-2-4-7-18)29-21-9-8-19(14-22(21)30-24)25(33)27-10-5-12-32-13-11-26-17-32/h2-4,6-9,11,13-17H,5,10,12H2,1H3,(H,27,33). The molecule has 8 nitrogen and oxygen atoms in total. The molecule has 0 aliphatic rings. The highest BCUT2D eigenvalue weighted by Crippen LogP contribution is 2.30. The Hall–Kier alpha value is -4.33. The molecule has 0 bridgehead atoms. The average Bonchev–Trinajstić information content (AvgIpc) is 3.53. The normalized spacial score (nSPS) is 11.1. The Balaban J connectivity index is 1.43. The Morgan fingerprint density at radius 3 is 2.58 bits per heavy atom. The molecule has 0 radical (unpaired) electrons. The molecule has 1 N–H and O–H groups in total. The maximum Gasteiger partial charge on any atom is 0.251 e. The van der Waals surface area contributed by atoms with E-state index in [1.165, 1.54) is 0 Å². The lowest BCUT2D eigenvalue weighted by molar-refractivity contribution is 0.0953. The highest BCUT2D eigenvalue weighted by atomic mass is 16.1. The van der Waals surface area contributed by atoms with Crippen LogP contribution in [0.2, 0.25) is 0 Å². The molecule has 33 heavy (non-hydrogen) atoms. The van der Waals surface area contributed by atoms with Crippen LogP contribution in [0, 0.1) is 0 Å². The minimum Gasteiger partial charge on any atom is -0.352 e. The average molecular weight is 438 g/mol. The number of nitrogens with zero attached hydrogens (tertiary/aromatic N) is 6. The van der Waals surface area contributed by atoms with Crippen LogP contribution in [0.15, 0.2) is 79.6 Å². The molecular weight excluding hydrogens is 414 g/mol. The first-order valence-corrected chi connectivity index (χ1v) is 10.8. The van der Waals surface area contributed by atoms with Gasteiger partial charge in [-0.15, -0.1) is 0 Å². The number of amides is 1. The van der Waals surface area contributed by atoms with Gasteiger partial charge in [-0.3, -0.25) is 9.48 Å². The largest absolute Gasteiger partial charge is 0.352 e. The van der Waals surface area contributed by atoms with E-state index in [-0.39, 0.29) is 5.91 Å². The molecular formula is C25H23N7O. The van der Waals surface area contributed by atoms with E-state index >= 15 is 0 Å². The second-order valence-electron chi connectivity index (χ2n) is 7.80. The molecule has 5 aromatic rings. The number of fused-ring (bicyclic) bond motifs is 1. The van der Waals surface area contributed by atoms with Gasteiger partial charge in [0.25, 0.3) is 5.91 Å². The predicted molar refractivity (Wildman–Crippen MR) is 126 cm³/mol. The van der Waals surface area contributed by atoms with Crippen LogP contribution < -0.4 is 5.32 Å². The van der Waals surface area contributed by atoms with Gasteiger partial charge in [0.1, 0.15) is 5.69 Å². The van der Waals surface area contributed by atoms with Gasteiger partial charge in [-0.05, 0) is 24.6 Å². The van der Waals surface area contributed by atoms with E-state index in [0.717, 1.165) is 41.0 Å². The molecule has 8 heteroatoms. The Labute approximate surface area is 191 Å². The van der Waals surface area contributed by atoms with Crippen molar-refractivity contribution in [3.05, 3.63) is 85.2 Å². The van der Waals surface area contributed by atoms with Crippen LogP contribution in [0.1, 0.15) is 16.8 Å². The molecule has 0 atom stereocenters. The van der Waals surface area contributed by atoms with Crippen LogP contribution in [-0.4, -0.2) is 41.8 Å². The monoisotopic (exact) mass is 437 g/mol. The number of aryl methyl sites for hydroxylation is 2. The highest BCUT2D eigenvalue weighted by Gasteiger charge is 2.16. The quantitative estimate of drug-likeness (QED) is 0.392. The topological polar surface area (TPSA) is 90.5 Å². The van der Waals surface area contributed by atoms with Crippen LogP contribution in [-0.2, 0) is 13.6 Å². The molecule has 0 aliphatic carbocycles. The van der Waals surface area contributed by atoms with E-state index in [4.69, 9.17) is 9.97 Å². The van der Waals surface area contributed by atoms with Crippen LogP contribution in [0.3, 0.4) is 0 Å². The zero-order valence-electron chi connectivity index (χ0n) is 18.2. The molecule has 0 saturated heterocycles. The minimum atomic E-state index is -0.126. The van der Waals surface area contributed by atoms with Gasteiger partial charge in [-0.2, -0.15) is 5.10 Å². The molecule has 164 valence electrons. The van der Waals surface area contributed by atoms with Gasteiger partial charge in [0.2, 0.25) is 0 Å². The van der Waals surface area contributed by atoms with Crippen molar-refractivity contribution in [2.24, 2.45) is 7.05 Å². The lowest BCUT2D eigenvalue weighted by atomic mass is 10.1. The third-order valence-corrected chi connectivity index (χ3v) is 5.39. The van der Waals surface area contributed by atoms with E-state index in [1.807, 2.05) is 60.4 Å². The minimum absolute atomic E-state index is 0.126. The Morgan fingerprint density at radius 1 is 1.00 bits per heavy atom. The molecule has 0 unspecified atom stereocenters. The fourth-order valence-corrected chi connectivity index (χ4v) is 3.72. The third-order valence-electron chi connectivity index (χ3n) is 5.39. The number of hydrogen-bond acceptors (Lipinski definition) is 5. The number of benzene rings is 2. The molecule has 0 fully saturated rings. The lowest BCUT2D eigenvalue weighted by Crippen LogP contribution is -2.25. The molecule has 5 rings (SSSR count). The second-order valence-corrected chi connectivity index (χ2v) is 7.80. The zero-order valence-corrected chi connectivity index (χ0v) is 18.2. The summed E-state index contributed by atoms with van der Waals surface area (Å²) >= 11 is 0. The Morgan fingerprint density at radius 2 is 1.82 bits per heavy atom. The molecule has 0 spiro atoms. The zero-order chi connectivity index (χ0) is 22.6. The number of carbonyl (C=O) groups is 1. The molecule has 2 aromatic carbocycles. The molecule has 3 aromatic heterocycles. The Bertz CT molecular complexity index is 1390. The van der Waals surface area contributed by atoms with Crippen molar-refractivity contribution < 1.29 is 4.79 Å². The lowest BCUT2D eigenvalue weighted by Gasteiger charge is -2.10. The number of aromatic nitrogens is 6. The summed E-state index contributed by atoms with van der Waals surface area (Å²) in [4.78, 5) is 26.5. The summed E-state index contributed by atoms with van der Waals surface area (Å²) < 4.78 is 3.73. The number of carbonyl (C=O) groups excluding carboxylic acids is 1. The van der Waals surface area contributed by atoms with Crippen LogP contribution >= 0.6 is 0 Å². The van der Waals surface area contributed by atoms with Crippen LogP contribution in [0.25, 0.3) is 33.5 Å². The van der Waals surface area contributed by atoms with Crippen molar-refractivity contribution in [2.75, 3.05) is 6.54 Å². The van der Waals surface area contributed by atoms with Crippen molar-refractivity contribution in [1.82, 2.24) is 34.6 Å². The summed E-state index contributed by atoms with van der Waals surface area (Å²) in [5.74, 6) is -0.126. The van der Waals surface area contributed by atoms with Gasteiger partial charge in [0.05, 0.1) is 29.3 Å². The molecule has 3 heterocycles. The van der Waals surface area contributed by atoms with Gasteiger partial charge in [0.15, 0.2) is 0 Å². The van der Waals surface area contributed by atoms with Crippen molar-refractivity contribution in [3.63, 3.8) is 0 Å². The summed E-state index contributed by atoms with van der Waals surface area (Å²) in [6, 6.07) is 15.4. The van der Waals surface area contributed by atoms with Crippen molar-refractivity contribution in [3.8, 4) is 22.5 Å².